The predicted molar refractivity (Wildman–Crippen MR) is 57.2 cm³/mol. The van der Waals surface area contributed by atoms with E-state index in [4.69, 9.17) is 4.74 Å². The van der Waals surface area contributed by atoms with Gasteiger partial charge in [-0.1, -0.05) is 36.9 Å². The molecule has 1 aliphatic rings. The summed E-state index contributed by atoms with van der Waals surface area (Å²) in [7, 11) is 0. The third-order valence-corrected chi connectivity index (χ3v) is 2.64. The van der Waals surface area contributed by atoms with Crippen LogP contribution in [0.25, 0.3) is 0 Å². The summed E-state index contributed by atoms with van der Waals surface area (Å²) >= 11 is 0. The third kappa shape index (κ3) is 1.61. The van der Waals surface area contributed by atoms with Crippen LogP contribution in [0.1, 0.15) is 18.6 Å². The van der Waals surface area contributed by atoms with Crippen molar-refractivity contribution in [2.45, 2.75) is 19.1 Å². The summed E-state index contributed by atoms with van der Waals surface area (Å²) in [5, 5.41) is 0. The van der Waals surface area contributed by atoms with Gasteiger partial charge in [0.1, 0.15) is 6.10 Å². The lowest BCUT2D eigenvalue weighted by Gasteiger charge is -2.16. The van der Waals surface area contributed by atoms with Crippen molar-refractivity contribution < 1.29 is 9.53 Å². The summed E-state index contributed by atoms with van der Waals surface area (Å²) in [6, 6.07) is 9.73. The fraction of sp³-hybridized carbons (Fsp3) is 0.250. The number of rotatable bonds is 2. The highest BCUT2D eigenvalue weighted by atomic mass is 16.6. The molecule has 0 bridgehead atoms. The van der Waals surface area contributed by atoms with Gasteiger partial charge in [-0.25, -0.2) is 4.79 Å². The van der Waals surface area contributed by atoms with E-state index in [-0.39, 0.29) is 18.2 Å². The van der Waals surface area contributed by atoms with Crippen molar-refractivity contribution >= 4 is 6.09 Å². The highest BCUT2D eigenvalue weighted by Gasteiger charge is 2.37. The number of amides is 1. The number of nitrogens with zero attached hydrogens (tertiary/aromatic N) is 1. The van der Waals surface area contributed by atoms with E-state index in [0.717, 1.165) is 5.56 Å². The van der Waals surface area contributed by atoms with Crippen molar-refractivity contribution in [3.05, 3.63) is 48.7 Å². The molecule has 3 heteroatoms. The normalized spacial score (nSPS) is 25.1. The van der Waals surface area contributed by atoms with Gasteiger partial charge in [0.15, 0.2) is 0 Å². The maximum atomic E-state index is 11.4. The molecule has 2 atom stereocenters. The fourth-order valence-electron chi connectivity index (χ4n) is 1.81. The van der Waals surface area contributed by atoms with Gasteiger partial charge in [0.2, 0.25) is 0 Å². The van der Waals surface area contributed by atoms with Crippen LogP contribution in [0, 0.1) is 0 Å². The Balaban J connectivity index is 2.27. The summed E-state index contributed by atoms with van der Waals surface area (Å²) in [6.07, 6.45) is 0.985. The number of carbonyl (C=O) groups excluding carboxylic acids is 1. The van der Waals surface area contributed by atoms with Crippen LogP contribution < -0.4 is 0 Å². The van der Waals surface area contributed by atoms with Crippen LogP contribution >= 0.6 is 0 Å². The molecule has 1 fully saturated rings. The van der Waals surface area contributed by atoms with E-state index >= 15 is 0 Å². The van der Waals surface area contributed by atoms with E-state index < -0.39 is 0 Å². The highest BCUT2D eigenvalue weighted by molar-refractivity contribution is 5.72. The molecule has 3 nitrogen and oxygen atoms in total. The molecule has 0 aromatic heterocycles. The Kier molecular flexibility index (Phi) is 2.46. The number of hydrogen-bond acceptors (Lipinski definition) is 2. The van der Waals surface area contributed by atoms with Crippen molar-refractivity contribution in [1.29, 1.82) is 0 Å². The number of cyclic esters (lactones) is 1. The molecule has 0 spiro atoms. The van der Waals surface area contributed by atoms with Gasteiger partial charge in [-0.3, -0.25) is 4.90 Å². The summed E-state index contributed by atoms with van der Waals surface area (Å²) in [6.45, 7) is 5.55. The van der Waals surface area contributed by atoms with Gasteiger partial charge in [0, 0.05) is 6.20 Å². The predicted octanol–water partition coefficient (Wildman–Crippen LogP) is 2.71. The Morgan fingerprint density at radius 1 is 1.40 bits per heavy atom. The average Bonchev–Trinajstić information content (AvgIpc) is 2.55. The monoisotopic (exact) mass is 203 g/mol. The maximum absolute atomic E-state index is 11.4. The Hall–Kier alpha value is -1.77. The Morgan fingerprint density at radius 3 is 2.60 bits per heavy atom. The molecular weight excluding hydrogens is 190 g/mol. The van der Waals surface area contributed by atoms with Crippen LogP contribution in [0.5, 0.6) is 0 Å². The first-order valence-electron chi connectivity index (χ1n) is 4.90. The average molecular weight is 203 g/mol. The Bertz CT molecular complexity index is 374. The maximum Gasteiger partial charge on any atom is 0.414 e. The summed E-state index contributed by atoms with van der Waals surface area (Å²) in [5.41, 5.74) is 1.02. The number of ether oxygens (including phenoxy) is 1. The van der Waals surface area contributed by atoms with Crippen LogP contribution in [-0.2, 0) is 4.74 Å². The van der Waals surface area contributed by atoms with Gasteiger partial charge in [0.25, 0.3) is 0 Å². The molecule has 1 heterocycles. The standard InChI is InChI=1S/C12H13NO2/c1-3-13-9(2)11(15-12(13)14)10-7-5-4-6-8-10/h3-9,11H,1H2,2H3/t9-,11-/m0/s1. The molecule has 1 amide bonds. The zero-order valence-corrected chi connectivity index (χ0v) is 8.59. The zero-order valence-electron chi connectivity index (χ0n) is 8.59. The van der Waals surface area contributed by atoms with Crippen molar-refractivity contribution in [1.82, 2.24) is 4.90 Å². The first-order valence-corrected chi connectivity index (χ1v) is 4.90. The summed E-state index contributed by atoms with van der Waals surface area (Å²) in [5.74, 6) is 0. The minimum absolute atomic E-state index is 0.00241. The minimum atomic E-state index is -0.327. The minimum Gasteiger partial charge on any atom is -0.439 e. The van der Waals surface area contributed by atoms with Crippen LogP contribution in [-0.4, -0.2) is 17.0 Å². The molecule has 0 radical (unpaired) electrons. The topological polar surface area (TPSA) is 29.5 Å². The quantitative estimate of drug-likeness (QED) is 0.739. The lowest BCUT2D eigenvalue weighted by atomic mass is 10.0. The Labute approximate surface area is 89.0 Å². The SMILES string of the molecule is C=CN1C(=O)O[C@H](c2ccccc2)[C@@H]1C. The second-order valence-electron chi connectivity index (χ2n) is 3.55. The van der Waals surface area contributed by atoms with Crippen molar-refractivity contribution in [3.63, 3.8) is 0 Å². The van der Waals surface area contributed by atoms with Crippen LogP contribution in [0.2, 0.25) is 0 Å². The van der Waals surface area contributed by atoms with Gasteiger partial charge in [-0.05, 0) is 12.5 Å². The molecule has 0 N–H and O–H groups in total. The molecule has 78 valence electrons. The largest absolute Gasteiger partial charge is 0.439 e. The molecule has 0 saturated carbocycles. The van der Waals surface area contributed by atoms with E-state index in [1.807, 2.05) is 37.3 Å². The highest BCUT2D eigenvalue weighted by Crippen LogP contribution is 2.31. The van der Waals surface area contributed by atoms with Crippen molar-refractivity contribution in [3.8, 4) is 0 Å². The summed E-state index contributed by atoms with van der Waals surface area (Å²) in [4.78, 5) is 12.9. The number of benzene rings is 1. The second-order valence-corrected chi connectivity index (χ2v) is 3.55. The lowest BCUT2D eigenvalue weighted by Crippen LogP contribution is -2.26. The molecule has 1 saturated heterocycles. The number of hydrogen-bond donors (Lipinski definition) is 0. The molecule has 1 aromatic carbocycles. The van der Waals surface area contributed by atoms with Gasteiger partial charge in [-0.15, -0.1) is 0 Å². The first-order chi connectivity index (χ1) is 7.24. The van der Waals surface area contributed by atoms with E-state index in [2.05, 4.69) is 6.58 Å². The first kappa shape index (κ1) is 9.77. The van der Waals surface area contributed by atoms with E-state index in [0.29, 0.717) is 0 Å². The van der Waals surface area contributed by atoms with Gasteiger partial charge < -0.3 is 4.74 Å². The molecule has 1 aliphatic heterocycles. The molecule has 2 rings (SSSR count). The van der Waals surface area contributed by atoms with E-state index in [1.54, 1.807) is 0 Å². The van der Waals surface area contributed by atoms with Crippen LogP contribution in [0.4, 0.5) is 4.79 Å². The van der Waals surface area contributed by atoms with Gasteiger partial charge >= 0.3 is 6.09 Å². The summed E-state index contributed by atoms with van der Waals surface area (Å²) < 4.78 is 5.28. The second kappa shape index (κ2) is 3.77. The Morgan fingerprint density at radius 2 is 2.07 bits per heavy atom. The third-order valence-electron chi connectivity index (χ3n) is 2.64. The van der Waals surface area contributed by atoms with Crippen molar-refractivity contribution in [2.24, 2.45) is 0 Å². The zero-order chi connectivity index (χ0) is 10.8. The molecule has 1 aromatic rings. The fourth-order valence-corrected chi connectivity index (χ4v) is 1.81. The molecule has 15 heavy (non-hydrogen) atoms. The molecule has 0 unspecified atom stereocenters. The van der Waals surface area contributed by atoms with Crippen LogP contribution in [0.15, 0.2) is 43.1 Å². The van der Waals surface area contributed by atoms with Gasteiger partial charge in [0.05, 0.1) is 6.04 Å². The smallest absolute Gasteiger partial charge is 0.414 e. The molecular formula is C12H13NO2. The molecule has 0 aliphatic carbocycles. The van der Waals surface area contributed by atoms with Gasteiger partial charge in [-0.2, -0.15) is 0 Å². The lowest BCUT2D eigenvalue weighted by molar-refractivity contribution is 0.132. The van der Waals surface area contributed by atoms with E-state index in [1.165, 1.54) is 11.1 Å². The van der Waals surface area contributed by atoms with Crippen molar-refractivity contribution in [2.75, 3.05) is 0 Å². The number of carbonyl (C=O) groups is 1. The van der Waals surface area contributed by atoms with E-state index in [9.17, 15) is 4.79 Å². The van der Waals surface area contributed by atoms with Crippen LogP contribution in [0.3, 0.4) is 0 Å².